The van der Waals surface area contributed by atoms with Gasteiger partial charge in [0.15, 0.2) is 0 Å². The largest absolute Gasteiger partial charge is 0.103 e. The van der Waals surface area contributed by atoms with E-state index in [9.17, 15) is 0 Å². The van der Waals surface area contributed by atoms with Crippen molar-refractivity contribution < 1.29 is 0 Å². The Balaban J connectivity index is 2.94. The van der Waals surface area contributed by atoms with Gasteiger partial charge in [-0.1, -0.05) is 29.4 Å². The molecule has 0 aromatic heterocycles. The zero-order chi connectivity index (χ0) is 8.81. The zero-order valence-electron chi connectivity index (χ0n) is 6.64. The standard InChI is InChI=1S/C9H9N3/c1-2-4-8-5-3-6-9(7-8)11-12-10/h2-3,5-7H,1,4H2. The molecule has 0 radical (unpaired) electrons. The first-order chi connectivity index (χ1) is 5.86. The molecule has 0 saturated carbocycles. The molecule has 60 valence electrons. The molecule has 0 atom stereocenters. The molecule has 3 heteroatoms. The highest BCUT2D eigenvalue weighted by Gasteiger charge is 1.90. The third kappa shape index (κ3) is 2.15. The van der Waals surface area contributed by atoms with Gasteiger partial charge in [0.25, 0.3) is 0 Å². The van der Waals surface area contributed by atoms with Crippen LogP contribution in [-0.2, 0) is 6.42 Å². The van der Waals surface area contributed by atoms with Gasteiger partial charge in [-0.15, -0.1) is 6.58 Å². The Kier molecular flexibility index (Phi) is 2.94. The second-order valence-corrected chi connectivity index (χ2v) is 2.35. The summed E-state index contributed by atoms with van der Waals surface area (Å²) < 4.78 is 0. The van der Waals surface area contributed by atoms with Gasteiger partial charge in [0.05, 0.1) is 0 Å². The molecule has 12 heavy (non-hydrogen) atoms. The maximum absolute atomic E-state index is 8.18. The van der Waals surface area contributed by atoms with Crippen molar-refractivity contribution in [1.82, 2.24) is 0 Å². The van der Waals surface area contributed by atoms with Crippen LogP contribution in [0.5, 0.6) is 0 Å². The minimum Gasteiger partial charge on any atom is -0.103 e. The first-order valence-electron chi connectivity index (χ1n) is 3.62. The van der Waals surface area contributed by atoms with E-state index in [1.807, 2.05) is 24.3 Å². The molecule has 0 saturated heterocycles. The molecule has 0 aliphatic heterocycles. The van der Waals surface area contributed by atoms with E-state index in [0.717, 1.165) is 12.0 Å². The summed E-state index contributed by atoms with van der Waals surface area (Å²) in [6, 6.07) is 7.45. The van der Waals surface area contributed by atoms with E-state index in [1.54, 1.807) is 6.07 Å². The minimum absolute atomic E-state index is 0.650. The molecule has 0 unspecified atom stereocenters. The van der Waals surface area contributed by atoms with Crippen LogP contribution < -0.4 is 0 Å². The van der Waals surface area contributed by atoms with Crippen molar-refractivity contribution in [1.29, 1.82) is 0 Å². The normalized spacial score (nSPS) is 8.67. The predicted octanol–water partition coefficient (Wildman–Crippen LogP) is 3.36. The Morgan fingerprint density at radius 3 is 3.08 bits per heavy atom. The number of hydrogen-bond acceptors (Lipinski definition) is 1. The van der Waals surface area contributed by atoms with Gasteiger partial charge in [0.2, 0.25) is 0 Å². The lowest BCUT2D eigenvalue weighted by Gasteiger charge is -1.96. The fraction of sp³-hybridized carbons (Fsp3) is 0.111. The van der Waals surface area contributed by atoms with Gasteiger partial charge in [0.1, 0.15) is 0 Å². The lowest BCUT2D eigenvalue weighted by Crippen LogP contribution is -1.77. The molecule has 0 bridgehead atoms. The number of nitrogens with zero attached hydrogens (tertiary/aromatic N) is 3. The van der Waals surface area contributed by atoms with Gasteiger partial charge >= 0.3 is 0 Å². The molecule has 0 N–H and O–H groups in total. The van der Waals surface area contributed by atoms with Gasteiger partial charge in [-0.05, 0) is 23.6 Å². The molecular weight excluding hydrogens is 150 g/mol. The van der Waals surface area contributed by atoms with Crippen molar-refractivity contribution in [3.63, 3.8) is 0 Å². The third-order valence-electron chi connectivity index (χ3n) is 1.45. The summed E-state index contributed by atoms with van der Waals surface area (Å²) in [5.41, 5.74) is 9.93. The average molecular weight is 159 g/mol. The van der Waals surface area contributed by atoms with Crippen molar-refractivity contribution in [2.45, 2.75) is 6.42 Å². The molecule has 0 aliphatic rings. The summed E-state index contributed by atoms with van der Waals surface area (Å²) in [6.45, 7) is 3.63. The lowest BCUT2D eigenvalue weighted by molar-refractivity contribution is 1.27. The molecule has 0 aliphatic carbocycles. The minimum atomic E-state index is 0.650. The van der Waals surface area contributed by atoms with Crippen LogP contribution in [0.2, 0.25) is 0 Å². The molecule has 1 rings (SSSR count). The van der Waals surface area contributed by atoms with E-state index in [4.69, 9.17) is 5.53 Å². The number of benzene rings is 1. The van der Waals surface area contributed by atoms with Crippen LogP contribution in [0.25, 0.3) is 10.4 Å². The highest BCUT2D eigenvalue weighted by molar-refractivity contribution is 5.40. The maximum Gasteiger partial charge on any atom is 0.0378 e. The van der Waals surface area contributed by atoms with E-state index >= 15 is 0 Å². The van der Waals surface area contributed by atoms with Crippen LogP contribution in [-0.4, -0.2) is 0 Å². The van der Waals surface area contributed by atoms with Crippen LogP contribution >= 0.6 is 0 Å². The van der Waals surface area contributed by atoms with E-state index < -0.39 is 0 Å². The van der Waals surface area contributed by atoms with Crippen LogP contribution in [0.15, 0.2) is 42.0 Å². The van der Waals surface area contributed by atoms with Crippen molar-refractivity contribution >= 4 is 5.69 Å². The van der Waals surface area contributed by atoms with Gasteiger partial charge in [0, 0.05) is 10.6 Å². The Bertz CT molecular complexity index is 324. The Morgan fingerprint density at radius 2 is 2.42 bits per heavy atom. The second kappa shape index (κ2) is 4.21. The quantitative estimate of drug-likeness (QED) is 0.281. The summed E-state index contributed by atoms with van der Waals surface area (Å²) >= 11 is 0. The number of azide groups is 1. The van der Waals surface area contributed by atoms with Crippen LogP contribution in [0.1, 0.15) is 5.56 Å². The van der Waals surface area contributed by atoms with Crippen molar-refractivity contribution in [3.05, 3.63) is 52.9 Å². The van der Waals surface area contributed by atoms with E-state index in [0.29, 0.717) is 5.69 Å². The highest BCUT2D eigenvalue weighted by Crippen LogP contribution is 2.14. The fourth-order valence-electron chi connectivity index (χ4n) is 0.964. The highest BCUT2D eigenvalue weighted by atomic mass is 15.1. The Morgan fingerprint density at radius 1 is 1.58 bits per heavy atom. The van der Waals surface area contributed by atoms with Gasteiger partial charge in [-0.3, -0.25) is 0 Å². The first kappa shape index (κ1) is 8.37. The summed E-state index contributed by atoms with van der Waals surface area (Å²) in [7, 11) is 0. The van der Waals surface area contributed by atoms with E-state index in [2.05, 4.69) is 16.6 Å². The smallest absolute Gasteiger partial charge is 0.0378 e. The summed E-state index contributed by atoms with van der Waals surface area (Å²) in [4.78, 5) is 2.71. The third-order valence-corrected chi connectivity index (χ3v) is 1.45. The number of allylic oxidation sites excluding steroid dienone is 1. The number of rotatable bonds is 3. The van der Waals surface area contributed by atoms with Crippen molar-refractivity contribution in [2.24, 2.45) is 5.11 Å². The SMILES string of the molecule is C=CCc1cccc(N=[N+]=[N-])c1. The molecule has 0 amide bonds. The lowest BCUT2D eigenvalue weighted by atomic mass is 10.1. The first-order valence-corrected chi connectivity index (χ1v) is 3.62. The number of hydrogen-bond donors (Lipinski definition) is 0. The molecule has 1 aromatic rings. The van der Waals surface area contributed by atoms with Crippen LogP contribution in [0, 0.1) is 0 Å². The van der Waals surface area contributed by atoms with Gasteiger partial charge < -0.3 is 0 Å². The monoisotopic (exact) mass is 159 g/mol. The second-order valence-electron chi connectivity index (χ2n) is 2.35. The van der Waals surface area contributed by atoms with Crippen molar-refractivity contribution in [3.8, 4) is 0 Å². The van der Waals surface area contributed by atoms with Gasteiger partial charge in [-0.25, -0.2) is 0 Å². The fourth-order valence-corrected chi connectivity index (χ4v) is 0.964. The molecule has 1 aromatic carbocycles. The zero-order valence-corrected chi connectivity index (χ0v) is 6.64. The predicted molar refractivity (Wildman–Crippen MR) is 49.1 cm³/mol. The average Bonchev–Trinajstić information content (AvgIpc) is 2.06. The van der Waals surface area contributed by atoms with E-state index in [-0.39, 0.29) is 0 Å². The van der Waals surface area contributed by atoms with Crippen molar-refractivity contribution in [2.75, 3.05) is 0 Å². The molecular formula is C9H9N3. The Hall–Kier alpha value is -1.73. The molecule has 0 heterocycles. The summed E-state index contributed by atoms with van der Waals surface area (Å²) in [6.07, 6.45) is 2.62. The van der Waals surface area contributed by atoms with Gasteiger partial charge in [-0.2, -0.15) is 0 Å². The van der Waals surface area contributed by atoms with Crippen LogP contribution in [0.3, 0.4) is 0 Å². The Labute approximate surface area is 71.0 Å². The summed E-state index contributed by atoms with van der Waals surface area (Å²) in [5, 5.41) is 3.50. The maximum atomic E-state index is 8.18. The molecule has 0 spiro atoms. The van der Waals surface area contributed by atoms with E-state index in [1.165, 1.54) is 0 Å². The summed E-state index contributed by atoms with van der Waals surface area (Å²) in [5.74, 6) is 0. The molecule has 3 nitrogen and oxygen atoms in total. The topological polar surface area (TPSA) is 48.8 Å². The van der Waals surface area contributed by atoms with Crippen LogP contribution in [0.4, 0.5) is 5.69 Å². The molecule has 0 fully saturated rings.